The van der Waals surface area contributed by atoms with Crippen LogP contribution in [0.25, 0.3) is 0 Å². The highest BCUT2D eigenvalue weighted by molar-refractivity contribution is 6.31. The van der Waals surface area contributed by atoms with Crippen molar-refractivity contribution >= 4 is 11.6 Å². The molecule has 0 saturated carbocycles. The molecule has 100 valence electrons. The second-order valence-corrected chi connectivity index (χ2v) is 5.41. The molecule has 0 aliphatic carbocycles. The van der Waals surface area contributed by atoms with E-state index in [0.29, 0.717) is 0 Å². The molecule has 0 spiro atoms. The summed E-state index contributed by atoms with van der Waals surface area (Å²) in [4.78, 5) is 0. The van der Waals surface area contributed by atoms with Crippen LogP contribution in [0.4, 0.5) is 0 Å². The summed E-state index contributed by atoms with van der Waals surface area (Å²) in [6.07, 6.45) is 1.82. The number of hydrogen-bond acceptors (Lipinski definition) is 1. The molecule has 0 aliphatic heterocycles. The Morgan fingerprint density at radius 1 is 1.11 bits per heavy atom. The van der Waals surface area contributed by atoms with Crippen molar-refractivity contribution in [3.05, 3.63) is 69.7 Å². The Morgan fingerprint density at radius 3 is 2.37 bits per heavy atom. The normalized spacial score (nSPS) is 12.4. The van der Waals surface area contributed by atoms with Crippen LogP contribution in [0.3, 0.4) is 0 Å². The molecule has 2 aromatic rings. The van der Waals surface area contributed by atoms with Crippen molar-refractivity contribution in [2.75, 3.05) is 0 Å². The molecule has 0 amide bonds. The van der Waals surface area contributed by atoms with Gasteiger partial charge in [-0.2, -0.15) is 0 Å². The first kappa shape index (κ1) is 14.1. The Labute approximate surface area is 120 Å². The van der Waals surface area contributed by atoms with Crippen LogP contribution in [0.1, 0.15) is 35.2 Å². The second kappa shape index (κ2) is 6.23. The van der Waals surface area contributed by atoms with Gasteiger partial charge in [0.15, 0.2) is 0 Å². The van der Waals surface area contributed by atoms with Crippen LogP contribution in [-0.2, 0) is 12.8 Å². The van der Waals surface area contributed by atoms with Crippen molar-refractivity contribution in [1.82, 2.24) is 0 Å². The third-order valence-electron chi connectivity index (χ3n) is 3.46. The summed E-state index contributed by atoms with van der Waals surface area (Å²) in [5, 5.41) is 0.806. The van der Waals surface area contributed by atoms with Gasteiger partial charge in [-0.05, 0) is 48.1 Å². The second-order valence-electron chi connectivity index (χ2n) is 5.00. The molecule has 2 N–H and O–H groups in total. The van der Waals surface area contributed by atoms with Crippen LogP contribution in [0.2, 0.25) is 5.02 Å². The molecule has 2 aromatic carbocycles. The van der Waals surface area contributed by atoms with Crippen molar-refractivity contribution < 1.29 is 0 Å². The molecule has 0 aromatic heterocycles. The number of benzene rings is 2. The summed E-state index contributed by atoms with van der Waals surface area (Å²) in [5.41, 5.74) is 11.1. The molecule has 2 heteroatoms. The predicted molar refractivity (Wildman–Crippen MR) is 82.6 cm³/mol. The maximum absolute atomic E-state index is 6.27. The number of nitrogens with two attached hydrogens (primary N) is 1. The summed E-state index contributed by atoms with van der Waals surface area (Å²) in [6, 6.07) is 14.6. The minimum Gasteiger partial charge on any atom is -0.324 e. The molecule has 0 bridgehead atoms. The van der Waals surface area contributed by atoms with Gasteiger partial charge in [0.1, 0.15) is 0 Å². The van der Waals surface area contributed by atoms with Gasteiger partial charge in [-0.25, -0.2) is 0 Å². The van der Waals surface area contributed by atoms with Gasteiger partial charge in [-0.15, -0.1) is 0 Å². The average Bonchev–Trinajstić information content (AvgIpc) is 2.42. The fraction of sp³-hybridized carbons (Fsp3) is 0.294. The minimum absolute atomic E-state index is 0.00823. The van der Waals surface area contributed by atoms with E-state index in [-0.39, 0.29) is 6.04 Å². The summed E-state index contributed by atoms with van der Waals surface area (Å²) in [5.74, 6) is 0. The molecule has 1 atom stereocenters. The lowest BCUT2D eigenvalue weighted by Crippen LogP contribution is -2.13. The SMILES string of the molecule is CCc1ccc(C(N)Cc2ccc(C)cc2Cl)cc1. The Morgan fingerprint density at radius 2 is 1.79 bits per heavy atom. The fourth-order valence-electron chi connectivity index (χ4n) is 2.17. The monoisotopic (exact) mass is 273 g/mol. The van der Waals surface area contributed by atoms with Crippen LogP contribution in [-0.4, -0.2) is 0 Å². The Kier molecular flexibility index (Phi) is 4.62. The predicted octanol–water partition coefficient (Wildman–Crippen LogP) is 4.45. The van der Waals surface area contributed by atoms with Crippen molar-refractivity contribution in [1.29, 1.82) is 0 Å². The molecular weight excluding hydrogens is 254 g/mol. The molecule has 0 radical (unpaired) electrons. The Hall–Kier alpha value is -1.31. The quantitative estimate of drug-likeness (QED) is 0.875. The van der Waals surface area contributed by atoms with Crippen molar-refractivity contribution in [2.24, 2.45) is 5.73 Å². The van der Waals surface area contributed by atoms with E-state index in [1.165, 1.54) is 11.1 Å². The molecular formula is C17H20ClN. The van der Waals surface area contributed by atoms with Gasteiger partial charge in [0, 0.05) is 11.1 Å². The molecule has 2 rings (SSSR count). The lowest BCUT2D eigenvalue weighted by atomic mass is 9.98. The maximum Gasteiger partial charge on any atom is 0.0441 e. The van der Waals surface area contributed by atoms with Gasteiger partial charge in [0.25, 0.3) is 0 Å². The van der Waals surface area contributed by atoms with E-state index in [1.807, 2.05) is 13.0 Å². The summed E-state index contributed by atoms with van der Waals surface area (Å²) in [6.45, 7) is 4.19. The van der Waals surface area contributed by atoms with E-state index >= 15 is 0 Å². The first-order chi connectivity index (χ1) is 9.10. The molecule has 19 heavy (non-hydrogen) atoms. The van der Waals surface area contributed by atoms with Gasteiger partial charge < -0.3 is 5.73 Å². The first-order valence-electron chi connectivity index (χ1n) is 6.69. The molecule has 1 nitrogen and oxygen atoms in total. The van der Waals surface area contributed by atoms with Crippen molar-refractivity contribution in [3.63, 3.8) is 0 Å². The van der Waals surface area contributed by atoms with Gasteiger partial charge in [-0.1, -0.05) is 54.9 Å². The number of hydrogen-bond donors (Lipinski definition) is 1. The number of halogens is 1. The van der Waals surface area contributed by atoms with Crippen LogP contribution < -0.4 is 5.73 Å². The van der Waals surface area contributed by atoms with Crippen molar-refractivity contribution in [3.8, 4) is 0 Å². The topological polar surface area (TPSA) is 26.0 Å². The molecule has 0 saturated heterocycles. The lowest BCUT2D eigenvalue weighted by Gasteiger charge is -2.14. The van der Waals surface area contributed by atoms with Gasteiger partial charge in [0.05, 0.1) is 0 Å². The van der Waals surface area contributed by atoms with Crippen molar-refractivity contribution in [2.45, 2.75) is 32.7 Å². The van der Waals surface area contributed by atoms with E-state index < -0.39 is 0 Å². The third kappa shape index (κ3) is 3.59. The zero-order valence-electron chi connectivity index (χ0n) is 11.5. The van der Waals surface area contributed by atoms with E-state index in [4.69, 9.17) is 17.3 Å². The molecule has 0 heterocycles. The lowest BCUT2D eigenvalue weighted by molar-refractivity contribution is 0.721. The number of aryl methyl sites for hydroxylation is 2. The molecule has 0 fully saturated rings. The molecule has 1 unspecified atom stereocenters. The van der Waals surface area contributed by atoms with E-state index in [0.717, 1.165) is 29.0 Å². The zero-order chi connectivity index (χ0) is 13.8. The van der Waals surface area contributed by atoms with Crippen LogP contribution in [0.5, 0.6) is 0 Å². The zero-order valence-corrected chi connectivity index (χ0v) is 12.2. The first-order valence-corrected chi connectivity index (χ1v) is 7.07. The van der Waals surface area contributed by atoms with E-state index in [1.54, 1.807) is 0 Å². The highest BCUT2D eigenvalue weighted by Gasteiger charge is 2.09. The highest BCUT2D eigenvalue weighted by atomic mass is 35.5. The van der Waals surface area contributed by atoms with E-state index in [9.17, 15) is 0 Å². The smallest absolute Gasteiger partial charge is 0.0441 e. The summed E-state index contributed by atoms with van der Waals surface area (Å²) in [7, 11) is 0. The summed E-state index contributed by atoms with van der Waals surface area (Å²) >= 11 is 6.25. The van der Waals surface area contributed by atoms with Gasteiger partial charge >= 0.3 is 0 Å². The molecule has 0 aliphatic rings. The van der Waals surface area contributed by atoms with Gasteiger partial charge in [0.2, 0.25) is 0 Å². The largest absolute Gasteiger partial charge is 0.324 e. The van der Waals surface area contributed by atoms with Crippen LogP contribution in [0.15, 0.2) is 42.5 Å². The fourth-order valence-corrected chi connectivity index (χ4v) is 2.49. The Bertz CT molecular complexity index is 546. The van der Waals surface area contributed by atoms with Gasteiger partial charge in [-0.3, -0.25) is 0 Å². The van der Waals surface area contributed by atoms with E-state index in [2.05, 4.69) is 43.3 Å². The Balaban J connectivity index is 2.13. The minimum atomic E-state index is -0.00823. The number of rotatable bonds is 4. The third-order valence-corrected chi connectivity index (χ3v) is 3.82. The average molecular weight is 274 g/mol. The standard InChI is InChI=1S/C17H20ClN/c1-3-13-5-8-14(9-6-13)17(19)11-15-7-4-12(2)10-16(15)18/h4-10,17H,3,11,19H2,1-2H3. The van der Waals surface area contributed by atoms with Crippen LogP contribution in [0, 0.1) is 6.92 Å². The summed E-state index contributed by atoms with van der Waals surface area (Å²) < 4.78 is 0. The van der Waals surface area contributed by atoms with Crippen LogP contribution >= 0.6 is 11.6 Å². The highest BCUT2D eigenvalue weighted by Crippen LogP contribution is 2.23. The maximum atomic E-state index is 6.27.